The number of piperidine rings is 1. The second kappa shape index (κ2) is 10.9. The molecule has 186 valence electrons. The fourth-order valence-corrected chi connectivity index (χ4v) is 4.74. The summed E-state index contributed by atoms with van der Waals surface area (Å²) >= 11 is 0. The summed E-state index contributed by atoms with van der Waals surface area (Å²) in [5.74, 6) is 0.678. The van der Waals surface area contributed by atoms with E-state index in [0.29, 0.717) is 12.0 Å². The van der Waals surface area contributed by atoms with Crippen LogP contribution >= 0.6 is 0 Å². The van der Waals surface area contributed by atoms with Crippen LogP contribution in [-0.4, -0.2) is 59.0 Å². The Kier molecular flexibility index (Phi) is 7.30. The lowest BCUT2D eigenvalue weighted by atomic mass is 10.0. The highest BCUT2D eigenvalue weighted by Crippen LogP contribution is 2.29. The number of likely N-dealkylation sites (tertiary alicyclic amines) is 1. The van der Waals surface area contributed by atoms with Gasteiger partial charge in [-0.15, -0.1) is 0 Å². The number of aliphatic hydroxyl groups excluding tert-OH is 1. The normalized spacial score (nSPS) is 15.6. The molecule has 0 bridgehead atoms. The lowest BCUT2D eigenvalue weighted by Crippen LogP contribution is -2.35. The van der Waals surface area contributed by atoms with E-state index in [0.717, 1.165) is 59.4 Å². The average molecular weight is 485 g/mol. The SMILES string of the molecule is CN1CCC(Oc2ccc(-c3n[nH]c4ccc(C(=O)N[C@@H](CCO)c5ccccc5)cc34)cc2)CC1. The molecular formula is C29H32N4O3. The zero-order chi connectivity index (χ0) is 24.9. The van der Waals surface area contributed by atoms with E-state index in [1.54, 1.807) is 6.07 Å². The number of rotatable bonds is 8. The standard InChI is InChI=1S/C29H32N4O3/c1-33-16-13-24(14-17-33)36-23-10-7-21(8-11-23)28-25-19-22(9-12-27(25)31-32-28)29(35)30-26(15-18-34)20-5-3-2-4-6-20/h2-12,19,24,26,34H,13-18H2,1H3,(H,30,35)(H,31,32)/t26-/m0/s1. The molecule has 1 atom stereocenters. The van der Waals surface area contributed by atoms with Crippen LogP contribution in [0.15, 0.2) is 72.8 Å². The van der Waals surface area contributed by atoms with Gasteiger partial charge in [-0.1, -0.05) is 30.3 Å². The van der Waals surface area contributed by atoms with Crippen molar-refractivity contribution in [2.75, 3.05) is 26.7 Å². The van der Waals surface area contributed by atoms with E-state index >= 15 is 0 Å². The van der Waals surface area contributed by atoms with Crippen LogP contribution in [0.3, 0.4) is 0 Å². The first-order chi connectivity index (χ1) is 17.6. The molecule has 1 aromatic heterocycles. The fraction of sp³-hybridized carbons (Fsp3) is 0.310. The van der Waals surface area contributed by atoms with E-state index in [2.05, 4.69) is 27.5 Å². The van der Waals surface area contributed by atoms with Gasteiger partial charge in [0, 0.05) is 36.2 Å². The number of H-pyrrole nitrogens is 1. The van der Waals surface area contributed by atoms with Crippen molar-refractivity contribution in [2.45, 2.75) is 31.4 Å². The first kappa shape index (κ1) is 24.0. The molecule has 5 rings (SSSR count). The second-order valence-corrected chi connectivity index (χ2v) is 9.43. The van der Waals surface area contributed by atoms with Crippen LogP contribution in [0.4, 0.5) is 0 Å². The van der Waals surface area contributed by atoms with Gasteiger partial charge >= 0.3 is 0 Å². The van der Waals surface area contributed by atoms with Crippen LogP contribution in [0.5, 0.6) is 5.75 Å². The van der Waals surface area contributed by atoms with E-state index in [1.807, 2.05) is 66.7 Å². The zero-order valence-electron chi connectivity index (χ0n) is 20.5. The molecule has 1 aliphatic heterocycles. The molecule has 2 heterocycles. The lowest BCUT2D eigenvalue weighted by Gasteiger charge is -2.29. The van der Waals surface area contributed by atoms with Gasteiger partial charge in [-0.2, -0.15) is 5.10 Å². The maximum Gasteiger partial charge on any atom is 0.251 e. The summed E-state index contributed by atoms with van der Waals surface area (Å²) < 4.78 is 6.18. The van der Waals surface area contributed by atoms with Gasteiger partial charge in [-0.05, 0) is 74.3 Å². The largest absolute Gasteiger partial charge is 0.490 e. The van der Waals surface area contributed by atoms with Crippen LogP contribution in [0, 0.1) is 0 Å². The molecule has 4 aromatic rings. The number of fused-ring (bicyclic) bond motifs is 1. The van der Waals surface area contributed by atoms with Crippen molar-refractivity contribution in [1.82, 2.24) is 20.4 Å². The summed E-state index contributed by atoms with van der Waals surface area (Å²) in [6.45, 7) is 2.11. The lowest BCUT2D eigenvalue weighted by molar-refractivity contribution is 0.0930. The molecule has 1 amide bonds. The van der Waals surface area contributed by atoms with Crippen molar-refractivity contribution in [3.63, 3.8) is 0 Å². The van der Waals surface area contributed by atoms with Crippen molar-refractivity contribution >= 4 is 16.8 Å². The molecule has 36 heavy (non-hydrogen) atoms. The maximum atomic E-state index is 13.1. The predicted molar refractivity (Wildman–Crippen MR) is 141 cm³/mol. The number of benzene rings is 3. The van der Waals surface area contributed by atoms with Crippen molar-refractivity contribution < 1.29 is 14.6 Å². The summed E-state index contributed by atoms with van der Waals surface area (Å²) in [6, 6.07) is 23.0. The Morgan fingerprint density at radius 2 is 1.86 bits per heavy atom. The van der Waals surface area contributed by atoms with Crippen molar-refractivity contribution in [2.24, 2.45) is 0 Å². The predicted octanol–water partition coefficient (Wildman–Crippen LogP) is 4.56. The Balaban J connectivity index is 1.33. The topological polar surface area (TPSA) is 90.5 Å². The Morgan fingerprint density at radius 1 is 1.11 bits per heavy atom. The molecule has 0 radical (unpaired) electrons. The maximum absolute atomic E-state index is 13.1. The van der Waals surface area contributed by atoms with Crippen molar-refractivity contribution in [1.29, 1.82) is 0 Å². The van der Waals surface area contributed by atoms with Crippen LogP contribution < -0.4 is 10.1 Å². The highest BCUT2D eigenvalue weighted by atomic mass is 16.5. The van der Waals surface area contributed by atoms with Gasteiger partial charge in [0.05, 0.1) is 17.3 Å². The van der Waals surface area contributed by atoms with Gasteiger partial charge < -0.3 is 20.1 Å². The van der Waals surface area contributed by atoms with Crippen molar-refractivity contribution in [3.05, 3.63) is 83.9 Å². The number of aliphatic hydroxyl groups is 1. The van der Waals surface area contributed by atoms with E-state index < -0.39 is 0 Å². The minimum Gasteiger partial charge on any atom is -0.490 e. The van der Waals surface area contributed by atoms with Gasteiger partial charge in [0.1, 0.15) is 11.9 Å². The zero-order valence-corrected chi connectivity index (χ0v) is 20.5. The van der Waals surface area contributed by atoms with Gasteiger partial charge in [-0.3, -0.25) is 9.89 Å². The van der Waals surface area contributed by atoms with Gasteiger partial charge in [0.15, 0.2) is 0 Å². The van der Waals surface area contributed by atoms with Crippen LogP contribution in [0.25, 0.3) is 22.2 Å². The highest BCUT2D eigenvalue weighted by Gasteiger charge is 2.19. The molecule has 1 aliphatic rings. The number of aromatic nitrogens is 2. The molecule has 0 spiro atoms. The number of nitrogens with one attached hydrogen (secondary N) is 2. The Hall–Kier alpha value is -3.68. The molecular weight excluding hydrogens is 452 g/mol. The van der Waals surface area contributed by atoms with Gasteiger partial charge in [-0.25, -0.2) is 0 Å². The van der Waals surface area contributed by atoms with E-state index in [9.17, 15) is 9.90 Å². The molecule has 0 aliphatic carbocycles. The molecule has 1 fully saturated rings. The summed E-state index contributed by atoms with van der Waals surface area (Å²) in [7, 11) is 2.14. The molecule has 3 N–H and O–H groups in total. The number of hydrogen-bond donors (Lipinski definition) is 3. The highest BCUT2D eigenvalue weighted by molar-refractivity contribution is 6.01. The van der Waals surface area contributed by atoms with E-state index in [1.165, 1.54) is 0 Å². The minimum atomic E-state index is -0.264. The number of hydrogen-bond acceptors (Lipinski definition) is 5. The number of aromatic amines is 1. The van der Waals surface area contributed by atoms with Gasteiger partial charge in [0.2, 0.25) is 0 Å². The Labute approximate surface area is 211 Å². The van der Waals surface area contributed by atoms with Crippen molar-refractivity contribution in [3.8, 4) is 17.0 Å². The summed E-state index contributed by atoms with van der Waals surface area (Å²) in [5, 5.41) is 21.0. The van der Waals surface area contributed by atoms with Crippen LogP contribution in [0.1, 0.15) is 41.2 Å². The molecule has 7 heteroatoms. The number of nitrogens with zero attached hydrogens (tertiary/aromatic N) is 2. The number of carbonyl (C=O) groups excluding carboxylic acids is 1. The molecule has 0 unspecified atom stereocenters. The number of carbonyl (C=O) groups is 1. The minimum absolute atomic E-state index is 0.0116. The van der Waals surface area contributed by atoms with Crippen LogP contribution in [0.2, 0.25) is 0 Å². The summed E-state index contributed by atoms with van der Waals surface area (Å²) in [5.41, 5.74) is 4.12. The Morgan fingerprint density at radius 3 is 2.58 bits per heavy atom. The third-order valence-electron chi connectivity index (χ3n) is 6.85. The molecule has 1 saturated heterocycles. The number of ether oxygens (including phenoxy) is 1. The quantitative estimate of drug-likeness (QED) is 0.341. The molecule has 0 saturated carbocycles. The van der Waals surface area contributed by atoms with E-state index in [4.69, 9.17) is 4.74 Å². The van der Waals surface area contributed by atoms with E-state index in [-0.39, 0.29) is 24.7 Å². The Bertz CT molecular complexity index is 1300. The fourth-order valence-electron chi connectivity index (χ4n) is 4.74. The third-order valence-corrected chi connectivity index (χ3v) is 6.85. The first-order valence-electron chi connectivity index (χ1n) is 12.5. The molecule has 3 aromatic carbocycles. The smallest absolute Gasteiger partial charge is 0.251 e. The summed E-state index contributed by atoms with van der Waals surface area (Å²) in [6.07, 6.45) is 2.78. The third kappa shape index (κ3) is 5.42. The van der Waals surface area contributed by atoms with Crippen LogP contribution in [-0.2, 0) is 0 Å². The first-order valence-corrected chi connectivity index (χ1v) is 12.5. The van der Waals surface area contributed by atoms with Gasteiger partial charge in [0.25, 0.3) is 5.91 Å². The molecule has 7 nitrogen and oxygen atoms in total. The number of amides is 1. The monoisotopic (exact) mass is 484 g/mol. The second-order valence-electron chi connectivity index (χ2n) is 9.43. The average Bonchev–Trinajstić information content (AvgIpc) is 3.34. The summed E-state index contributed by atoms with van der Waals surface area (Å²) in [4.78, 5) is 15.5.